The molecule has 0 fully saturated rings. The molecule has 0 saturated heterocycles. The Balaban J connectivity index is 1.60. The number of aliphatic hydroxyl groups is 1. The van der Waals surface area contributed by atoms with Gasteiger partial charge in [0.1, 0.15) is 16.9 Å². The molecule has 0 spiro atoms. The smallest absolute Gasteiger partial charge is 0.236 e. The van der Waals surface area contributed by atoms with Gasteiger partial charge in [-0.2, -0.15) is 4.98 Å². The van der Waals surface area contributed by atoms with Gasteiger partial charge in [0.2, 0.25) is 11.8 Å². The van der Waals surface area contributed by atoms with Crippen molar-refractivity contribution in [3.63, 3.8) is 0 Å². The number of nitrogens with zero attached hydrogens (tertiary/aromatic N) is 1. The molecule has 162 valence electrons. The Kier molecular flexibility index (Phi) is 6.70. The summed E-state index contributed by atoms with van der Waals surface area (Å²) in [5.41, 5.74) is 4.37. The zero-order chi connectivity index (χ0) is 21.8. The molecule has 4 rings (SSSR count). The minimum Gasteiger partial charge on any atom is -0.481 e. The summed E-state index contributed by atoms with van der Waals surface area (Å²) in [7, 11) is 1.54. The van der Waals surface area contributed by atoms with Gasteiger partial charge in [-0.05, 0) is 41.7 Å². The lowest BCUT2D eigenvalue weighted by molar-refractivity contribution is 0.196. The molecule has 31 heavy (non-hydrogen) atoms. The number of halogens is 2. The zero-order valence-electron chi connectivity index (χ0n) is 17.2. The molecule has 2 aromatic carbocycles. The number of hydrogen-bond acceptors (Lipinski definition) is 5. The van der Waals surface area contributed by atoms with E-state index in [-0.39, 0.29) is 18.5 Å². The number of aliphatic hydroxyl groups excluding tert-OH is 1. The fourth-order valence-corrected chi connectivity index (χ4v) is 4.21. The summed E-state index contributed by atoms with van der Waals surface area (Å²) in [5, 5.41) is 12.4. The molecule has 1 atom stereocenters. The number of rotatable bonds is 8. The predicted octanol–water partition coefficient (Wildman–Crippen LogP) is 4.70. The highest BCUT2D eigenvalue weighted by atomic mass is 35.5. The molecule has 1 aliphatic carbocycles. The lowest BCUT2D eigenvalue weighted by Gasteiger charge is -2.18. The van der Waals surface area contributed by atoms with E-state index >= 15 is 0 Å². The van der Waals surface area contributed by atoms with Crippen LogP contribution in [0.1, 0.15) is 29.2 Å². The maximum atomic E-state index is 14.4. The van der Waals surface area contributed by atoms with Gasteiger partial charge in [0.05, 0.1) is 13.7 Å². The molecule has 0 bridgehead atoms. The van der Waals surface area contributed by atoms with Crippen molar-refractivity contribution in [2.24, 2.45) is 0 Å². The van der Waals surface area contributed by atoms with Gasteiger partial charge in [-0.15, -0.1) is 0 Å². The second-order valence-electron chi connectivity index (χ2n) is 7.34. The fraction of sp³-hybridized carbons (Fsp3) is 0.292. The van der Waals surface area contributed by atoms with Crippen LogP contribution in [0.2, 0.25) is 5.02 Å². The summed E-state index contributed by atoms with van der Waals surface area (Å²) >= 11 is 6.45. The second-order valence-corrected chi connectivity index (χ2v) is 7.75. The monoisotopic (exact) mass is 442 g/mol. The molecule has 1 aliphatic rings. The number of aromatic nitrogens is 1. The van der Waals surface area contributed by atoms with E-state index < -0.39 is 0 Å². The number of ether oxygens (including phenoxy) is 2. The Hall–Kier alpha value is -2.67. The molecule has 0 unspecified atom stereocenters. The van der Waals surface area contributed by atoms with E-state index in [9.17, 15) is 4.39 Å². The van der Waals surface area contributed by atoms with Crippen molar-refractivity contribution in [3.05, 3.63) is 76.1 Å². The number of nitrogens with one attached hydrogen (secondary N) is 1. The molecule has 1 aromatic heterocycles. The van der Waals surface area contributed by atoms with Crippen molar-refractivity contribution in [1.82, 2.24) is 10.3 Å². The third-order valence-corrected chi connectivity index (χ3v) is 5.68. The Bertz CT molecular complexity index is 1080. The normalized spacial score (nSPS) is 15.0. The molecule has 1 heterocycles. The van der Waals surface area contributed by atoms with Crippen LogP contribution >= 0.6 is 11.6 Å². The van der Waals surface area contributed by atoms with Gasteiger partial charge < -0.3 is 19.9 Å². The van der Waals surface area contributed by atoms with Crippen LogP contribution in [0.3, 0.4) is 0 Å². The van der Waals surface area contributed by atoms with Crippen LogP contribution in [-0.4, -0.2) is 30.4 Å². The van der Waals surface area contributed by atoms with Gasteiger partial charge >= 0.3 is 0 Å². The van der Waals surface area contributed by atoms with Crippen molar-refractivity contribution in [1.29, 1.82) is 0 Å². The van der Waals surface area contributed by atoms with Gasteiger partial charge in [0.25, 0.3) is 0 Å². The molecule has 0 saturated carbocycles. The van der Waals surface area contributed by atoms with E-state index in [0.717, 1.165) is 35.1 Å². The highest BCUT2D eigenvalue weighted by molar-refractivity contribution is 6.31. The molecule has 0 amide bonds. The number of fused-ring (bicyclic) bond motifs is 1. The molecule has 5 nitrogen and oxygen atoms in total. The molecule has 0 radical (unpaired) electrons. The number of hydrogen-bond donors (Lipinski definition) is 2. The van der Waals surface area contributed by atoms with Gasteiger partial charge in [0.15, 0.2) is 0 Å². The Morgan fingerprint density at radius 1 is 1.16 bits per heavy atom. The Morgan fingerprint density at radius 3 is 2.74 bits per heavy atom. The first-order valence-corrected chi connectivity index (χ1v) is 10.6. The predicted molar refractivity (Wildman–Crippen MR) is 118 cm³/mol. The van der Waals surface area contributed by atoms with Crippen molar-refractivity contribution in [2.45, 2.75) is 25.5 Å². The second kappa shape index (κ2) is 9.64. The Morgan fingerprint density at radius 2 is 1.97 bits per heavy atom. The number of benzene rings is 2. The Labute approximate surface area is 185 Å². The molecular formula is C24H24ClFN2O3. The minimum absolute atomic E-state index is 0.0423. The van der Waals surface area contributed by atoms with Crippen molar-refractivity contribution < 1.29 is 19.0 Å². The number of pyridine rings is 1. The van der Waals surface area contributed by atoms with Crippen LogP contribution in [-0.2, 0) is 13.0 Å². The summed E-state index contributed by atoms with van der Waals surface area (Å²) in [5.74, 6) is 0.488. The molecule has 2 N–H and O–H groups in total. The number of methoxy groups -OCH3 is 1. The fourth-order valence-electron chi connectivity index (χ4n) is 3.99. The summed E-state index contributed by atoms with van der Waals surface area (Å²) in [6.45, 7) is 0.970. The third kappa shape index (κ3) is 4.51. The van der Waals surface area contributed by atoms with Crippen LogP contribution in [0.15, 0.2) is 48.5 Å². The summed E-state index contributed by atoms with van der Waals surface area (Å²) in [6.07, 6.45) is 1.30. The van der Waals surface area contributed by atoms with Gasteiger partial charge in [-0.3, -0.25) is 0 Å². The standard InChI is InChI=1S/C24H24ClFN2O3/c1-30-23-15(14-27-11-12-29)13-20(25)24(28-23)31-22-10-9-17-16(6-4-7-19(17)22)18-5-2-3-8-21(18)26/h2-8,13,22,27,29H,9-12,14H2,1H3/t22-/m0/s1. The first-order valence-electron chi connectivity index (χ1n) is 10.2. The summed E-state index contributed by atoms with van der Waals surface area (Å²) in [6, 6.07) is 14.5. The van der Waals surface area contributed by atoms with Crippen LogP contribution in [0.5, 0.6) is 11.8 Å². The third-order valence-electron chi connectivity index (χ3n) is 5.41. The average Bonchev–Trinajstić information content (AvgIpc) is 3.19. The van der Waals surface area contributed by atoms with Gasteiger partial charge in [-0.25, -0.2) is 4.39 Å². The molecule has 3 aromatic rings. The maximum absolute atomic E-state index is 14.4. The SMILES string of the molecule is COc1nc(O[C@H]2CCc3c(-c4ccccc4F)cccc32)c(Cl)cc1CNCCO. The van der Waals surface area contributed by atoms with Crippen molar-refractivity contribution in [3.8, 4) is 22.9 Å². The zero-order valence-corrected chi connectivity index (χ0v) is 18.0. The largest absolute Gasteiger partial charge is 0.481 e. The minimum atomic E-state index is -0.236. The first kappa shape index (κ1) is 21.6. The van der Waals surface area contributed by atoms with Crippen molar-refractivity contribution in [2.75, 3.05) is 20.3 Å². The van der Waals surface area contributed by atoms with Crippen LogP contribution in [0, 0.1) is 5.82 Å². The average molecular weight is 443 g/mol. The van der Waals surface area contributed by atoms with E-state index in [0.29, 0.717) is 35.4 Å². The van der Waals surface area contributed by atoms with E-state index in [1.54, 1.807) is 25.3 Å². The lowest BCUT2D eigenvalue weighted by Crippen LogP contribution is -2.18. The van der Waals surface area contributed by atoms with Crippen LogP contribution < -0.4 is 14.8 Å². The lowest BCUT2D eigenvalue weighted by atomic mass is 9.96. The topological polar surface area (TPSA) is 63.6 Å². The van der Waals surface area contributed by atoms with Crippen molar-refractivity contribution >= 4 is 11.6 Å². The highest BCUT2D eigenvalue weighted by Crippen LogP contribution is 2.42. The first-order chi connectivity index (χ1) is 15.1. The highest BCUT2D eigenvalue weighted by Gasteiger charge is 2.28. The van der Waals surface area contributed by atoms with E-state index in [1.807, 2.05) is 24.3 Å². The van der Waals surface area contributed by atoms with E-state index in [4.69, 9.17) is 26.2 Å². The van der Waals surface area contributed by atoms with Crippen LogP contribution in [0.4, 0.5) is 4.39 Å². The van der Waals surface area contributed by atoms with Gasteiger partial charge in [-0.1, -0.05) is 48.0 Å². The van der Waals surface area contributed by atoms with Gasteiger partial charge in [0, 0.05) is 24.2 Å². The van der Waals surface area contributed by atoms with E-state index in [2.05, 4.69) is 10.3 Å². The summed E-state index contributed by atoms with van der Waals surface area (Å²) < 4.78 is 26.0. The van der Waals surface area contributed by atoms with Crippen LogP contribution in [0.25, 0.3) is 11.1 Å². The molecule has 0 aliphatic heterocycles. The molecular weight excluding hydrogens is 419 g/mol. The summed E-state index contributed by atoms with van der Waals surface area (Å²) in [4.78, 5) is 4.46. The molecule has 7 heteroatoms. The maximum Gasteiger partial charge on any atom is 0.236 e. The quantitative estimate of drug-likeness (QED) is 0.495. The van der Waals surface area contributed by atoms with E-state index in [1.165, 1.54) is 6.07 Å².